The summed E-state index contributed by atoms with van der Waals surface area (Å²) < 4.78 is 122. The Morgan fingerprint density at radius 2 is 0.735 bits per heavy atom. The van der Waals surface area contributed by atoms with E-state index >= 15 is 0 Å². The van der Waals surface area contributed by atoms with Crippen molar-refractivity contribution in [3.05, 3.63) is 113 Å². The van der Waals surface area contributed by atoms with E-state index in [0.717, 1.165) is 266 Å². The lowest BCUT2D eigenvalue weighted by Gasteiger charge is -2.50. The summed E-state index contributed by atoms with van der Waals surface area (Å²) in [5.74, 6) is 0.309. The molecular formula is C85H117N13O15S4. The zero-order valence-electron chi connectivity index (χ0n) is 67.8. The Labute approximate surface area is 689 Å². The number of anilines is 4. The predicted molar refractivity (Wildman–Crippen MR) is 448 cm³/mol. The molecule has 6 atom stereocenters. The van der Waals surface area contributed by atoms with Crippen molar-refractivity contribution < 1.29 is 67.1 Å². The van der Waals surface area contributed by atoms with Gasteiger partial charge in [0.15, 0.2) is 0 Å². The van der Waals surface area contributed by atoms with Gasteiger partial charge in [0.25, 0.3) is 0 Å². The highest BCUT2D eigenvalue weighted by molar-refractivity contribution is 7.91. The van der Waals surface area contributed by atoms with E-state index in [2.05, 4.69) is 91.1 Å². The first-order valence-electron chi connectivity index (χ1n) is 43.6. The molecule has 28 nitrogen and oxygen atoms in total. The number of ether oxygens (including phenoxy) is 2. The fraction of sp³-hybridized carbons (Fsp3) is 0.659. The number of piperidine rings is 1. The normalized spacial score (nSPS) is 25.1. The number of hydrogen-bond acceptors (Lipinski definition) is 19. The van der Waals surface area contributed by atoms with E-state index in [4.69, 9.17) is 9.47 Å². The number of sulfonamides is 4. The molecule has 0 aromatic heterocycles. The number of benzene rings is 4. The Kier molecular flexibility index (Phi) is 24.0. The van der Waals surface area contributed by atoms with Crippen LogP contribution in [0, 0.1) is 5.92 Å². The Bertz CT molecular complexity index is 4740. The monoisotopic (exact) mass is 1690 g/mol. The topological polar surface area (TPSA) is 353 Å². The minimum Gasteiger partial charge on any atom is -0.381 e. The minimum absolute atomic E-state index is 0.0768. The first kappa shape index (κ1) is 82.3. The summed E-state index contributed by atoms with van der Waals surface area (Å²) in [7, 11) is -12.8. The molecule has 0 radical (unpaired) electrons. The molecule has 8 aliphatic carbocycles. The van der Waals surface area contributed by atoms with Crippen molar-refractivity contribution in [1.29, 1.82) is 0 Å². The van der Waals surface area contributed by atoms with Crippen LogP contribution in [0.15, 0.2) is 24.3 Å². The van der Waals surface area contributed by atoms with Gasteiger partial charge in [-0.05, 0) is 308 Å². The molecule has 16 aliphatic rings. The van der Waals surface area contributed by atoms with Gasteiger partial charge in [0.2, 0.25) is 46.0 Å². The molecule has 8 aliphatic heterocycles. The number of nitrogens with one attached hydrogen (secondary N) is 8. The second kappa shape index (κ2) is 34.1. The number of amides is 9. The molecule has 636 valence electrons. The largest absolute Gasteiger partial charge is 0.381 e. The zero-order valence-corrected chi connectivity index (χ0v) is 71.1. The summed E-state index contributed by atoms with van der Waals surface area (Å²) in [6.45, 7) is 10.5. The van der Waals surface area contributed by atoms with Gasteiger partial charge in [-0.1, -0.05) is 24.3 Å². The Hall–Kier alpha value is -7.01. The van der Waals surface area contributed by atoms with Gasteiger partial charge < -0.3 is 45.4 Å². The van der Waals surface area contributed by atoms with Crippen molar-refractivity contribution in [3.8, 4) is 0 Å². The van der Waals surface area contributed by atoms with E-state index in [9.17, 15) is 57.6 Å². The Balaban J connectivity index is 0.000000112. The van der Waals surface area contributed by atoms with Crippen LogP contribution in [0.25, 0.3) is 0 Å². The highest BCUT2D eigenvalue weighted by Gasteiger charge is 2.50. The summed E-state index contributed by atoms with van der Waals surface area (Å²) in [5, 5.41) is 9.20. The van der Waals surface area contributed by atoms with Crippen LogP contribution in [-0.4, -0.2) is 226 Å². The van der Waals surface area contributed by atoms with Gasteiger partial charge in [0.1, 0.15) is 15.7 Å². The zero-order chi connectivity index (χ0) is 81.2. The number of aryl methyl sites for hydroxylation is 8. The quantitative estimate of drug-likeness (QED) is 0.0468. The lowest BCUT2D eigenvalue weighted by molar-refractivity contribution is -0.127. The molecule has 8 heterocycles. The van der Waals surface area contributed by atoms with Gasteiger partial charge in [0.05, 0.1) is 18.0 Å². The minimum atomic E-state index is -3.91. The van der Waals surface area contributed by atoms with E-state index in [-0.39, 0.29) is 25.0 Å². The second-order valence-corrected chi connectivity index (χ2v) is 43.8. The molecular weight excluding hydrogens is 1570 g/mol. The van der Waals surface area contributed by atoms with Crippen LogP contribution in [0.2, 0.25) is 0 Å². The van der Waals surface area contributed by atoms with Gasteiger partial charge in [-0.3, -0.25) is 14.6 Å². The Morgan fingerprint density at radius 1 is 0.393 bits per heavy atom. The van der Waals surface area contributed by atoms with E-state index in [1.807, 2.05) is 6.92 Å². The van der Waals surface area contributed by atoms with Crippen LogP contribution < -0.4 is 40.2 Å². The molecule has 9 amide bonds. The number of fused-ring (bicyclic) bond motifs is 10. The molecule has 32 heteroatoms. The highest BCUT2D eigenvalue weighted by Crippen LogP contribution is 2.45. The van der Waals surface area contributed by atoms with Gasteiger partial charge in [-0.2, -0.15) is 0 Å². The van der Waals surface area contributed by atoms with Crippen LogP contribution in [0.5, 0.6) is 0 Å². The van der Waals surface area contributed by atoms with Crippen LogP contribution >= 0.6 is 0 Å². The maximum Gasteiger partial charge on any atom is 0.332 e. The third-order valence-electron chi connectivity index (χ3n) is 28.2. The molecule has 117 heavy (non-hydrogen) atoms. The third kappa shape index (κ3) is 17.6. The standard InChI is InChI=1S/C24H34N4O3S.2C21H29N3O4S.C19H25N3O4S/c1-27-13-19(14-27)28-17-8-9-18(28)12-20(11-17)32(30,31)26-24(29)25-23-21-6-2-4-15(21)10-16-5-3-7-22(16)23;25-21(22-20-18-7-1-4-14(18)10-15-5-2-8-19(15)20)23-29(26,27)17-12-24(13-17)11-16-6-3-9-28-16;25-21(22-20-18-5-1-3-15(18)9-16-4-2-6-19(16)20)23-29(26,27)17-11-24(12-17)10-14-7-8-28-13-14;1-2-22-11-14(10-17(22)23)27(25,26)21-19(24)20-18-15-7-3-5-12(15)9-13-6-4-8-16(13)18/h10,17-20H,2-9,11-14H2,1H3,(H2,25,26,29);10,16-17H,1-9,11-13H2,(H2,22,23,25);9,14,17H,1-8,10-13H2,(H2,22,23,25);9,14H,2-8,10-11H2,1H3,(H2,20,21,24)/t17-,18+,20?;;;. The molecule has 0 spiro atoms. The van der Waals surface area contributed by atoms with Crippen molar-refractivity contribution in [2.24, 2.45) is 5.92 Å². The summed E-state index contributed by atoms with van der Waals surface area (Å²) in [6, 6.07) is 7.82. The molecule has 20 rings (SSSR count). The van der Waals surface area contributed by atoms with Crippen LogP contribution in [-0.2, 0) is 157 Å². The van der Waals surface area contributed by atoms with Gasteiger partial charge in [-0.25, -0.2) is 71.7 Å². The third-order valence-corrected chi connectivity index (χ3v) is 34.9. The number of carbonyl (C=O) groups excluding carboxylic acids is 5. The predicted octanol–water partition coefficient (Wildman–Crippen LogP) is 7.98. The van der Waals surface area contributed by atoms with Gasteiger partial charge >= 0.3 is 24.1 Å². The van der Waals surface area contributed by atoms with Crippen molar-refractivity contribution in [2.75, 3.05) is 114 Å². The lowest BCUT2D eigenvalue weighted by atomic mass is 9.96. The van der Waals surface area contributed by atoms with Gasteiger partial charge in [-0.15, -0.1) is 0 Å². The number of likely N-dealkylation sites (tertiary alicyclic amines) is 4. The van der Waals surface area contributed by atoms with Crippen molar-refractivity contribution >= 4 is 92.9 Å². The number of rotatable bonds is 18. The van der Waals surface area contributed by atoms with Crippen molar-refractivity contribution in [3.63, 3.8) is 0 Å². The fourth-order valence-corrected chi connectivity index (χ4v) is 27.5. The Morgan fingerprint density at radius 3 is 1.04 bits per heavy atom. The van der Waals surface area contributed by atoms with E-state index in [1.165, 1.54) is 82.8 Å². The lowest BCUT2D eigenvalue weighted by Crippen LogP contribution is -2.63. The van der Waals surface area contributed by atoms with Crippen molar-refractivity contribution in [1.82, 2.24) is 43.4 Å². The average Bonchev–Trinajstić information content (AvgIpc) is 1.66. The molecule has 8 fully saturated rings. The first-order chi connectivity index (χ1) is 56.3. The first-order valence-corrected chi connectivity index (χ1v) is 49.8. The number of carbonyl (C=O) groups is 5. The molecule has 8 N–H and O–H groups in total. The molecule has 0 saturated carbocycles. The molecule has 2 bridgehead atoms. The average molecular weight is 1690 g/mol. The smallest absolute Gasteiger partial charge is 0.332 e. The molecule has 4 aromatic rings. The van der Waals surface area contributed by atoms with Crippen LogP contribution in [0.4, 0.5) is 41.9 Å². The second-order valence-electron chi connectivity index (χ2n) is 35.9. The summed E-state index contributed by atoms with van der Waals surface area (Å²) in [5.41, 5.74) is 23.4. The number of nitrogens with zero attached hydrogens (tertiary/aromatic N) is 5. The number of urea groups is 4. The van der Waals surface area contributed by atoms with E-state index < -0.39 is 85.2 Å². The number of likely N-dealkylation sites (N-methyl/N-ethyl adjacent to an activating group) is 1. The van der Waals surface area contributed by atoms with Crippen LogP contribution in [0.3, 0.4) is 0 Å². The SMILES string of the molecule is CCN1CC(S(=O)(=O)NC(=O)Nc2c3c(cc4c2CCC4)CCC3)CC1=O.CN1CC(N2[C@@H]3CC[C@H]2CC(S(=O)(=O)NC(=O)Nc2c4c(cc5c2CCC5)CCC4)C3)C1.O=C(Nc1c2c(cc3c1CCC3)CCC2)NS(=O)(=O)C1CN(CC2CCCO2)C1.O=C(Nc1c2c(cc3c1CCC3)CCC2)NS(=O)(=O)C1CN(CC2CCOC2)C1. The maximum absolute atomic E-state index is 13.2. The van der Waals surface area contributed by atoms with Crippen molar-refractivity contribution in [2.45, 2.75) is 258 Å². The fourth-order valence-electron chi connectivity index (χ4n) is 22.3. The summed E-state index contributed by atoms with van der Waals surface area (Å²) in [6.07, 6.45) is 31.3. The molecule has 4 unspecified atom stereocenters. The molecule has 4 aromatic carbocycles. The summed E-state index contributed by atoms with van der Waals surface area (Å²) >= 11 is 0. The maximum atomic E-state index is 13.2. The van der Waals surface area contributed by atoms with E-state index in [1.54, 1.807) is 0 Å². The molecule has 8 saturated heterocycles. The van der Waals surface area contributed by atoms with Crippen LogP contribution in [0.1, 0.15) is 199 Å². The number of hydrogen-bond donors (Lipinski definition) is 8. The van der Waals surface area contributed by atoms with Gasteiger partial charge in [0, 0.05) is 126 Å². The summed E-state index contributed by atoms with van der Waals surface area (Å²) in [4.78, 5) is 73.1. The highest BCUT2D eigenvalue weighted by atomic mass is 32.2. The van der Waals surface area contributed by atoms with E-state index in [0.29, 0.717) is 69.6 Å².